The first-order valence-corrected chi connectivity index (χ1v) is 17.1. The molecular formula is C48H34N2. The zero-order valence-electron chi connectivity index (χ0n) is 27.5. The number of benzene rings is 8. The second-order valence-corrected chi connectivity index (χ2v) is 12.6. The Morgan fingerprint density at radius 1 is 0.320 bits per heavy atom. The highest BCUT2D eigenvalue weighted by molar-refractivity contribution is 6.09. The standard InChI is InChI=1S/C48H34N2/c1-3-15-35(16-4-1)37-29-31-40(32-30-37)49(41-21-13-19-38(33-41)36-17-5-2-6-18-36)46-26-10-7-23-43(46)39-20-14-22-42(34-39)50-47-27-11-8-24-44(47)45-25-9-12-28-48(45)50/h1-34H. The van der Waals surface area contributed by atoms with E-state index in [0.717, 1.165) is 33.9 Å². The molecule has 236 valence electrons. The summed E-state index contributed by atoms with van der Waals surface area (Å²) in [6.07, 6.45) is 0. The van der Waals surface area contributed by atoms with Crippen LogP contribution in [0.1, 0.15) is 0 Å². The summed E-state index contributed by atoms with van der Waals surface area (Å²) in [6.45, 7) is 0. The van der Waals surface area contributed by atoms with Gasteiger partial charge in [-0.2, -0.15) is 0 Å². The summed E-state index contributed by atoms with van der Waals surface area (Å²) in [5, 5.41) is 2.52. The van der Waals surface area contributed by atoms with E-state index in [9.17, 15) is 0 Å². The molecule has 0 aliphatic carbocycles. The van der Waals surface area contributed by atoms with E-state index in [0.29, 0.717) is 0 Å². The van der Waals surface area contributed by atoms with Crippen LogP contribution in [0, 0.1) is 0 Å². The first-order valence-electron chi connectivity index (χ1n) is 17.1. The molecular weight excluding hydrogens is 605 g/mol. The predicted molar refractivity (Wildman–Crippen MR) is 212 cm³/mol. The SMILES string of the molecule is c1ccc(-c2ccc(N(c3cccc(-c4ccccc4)c3)c3ccccc3-c3cccc(-n4c5ccccc5c5ccccc54)c3)cc2)cc1. The molecule has 8 aromatic carbocycles. The fourth-order valence-corrected chi connectivity index (χ4v) is 7.24. The molecule has 2 nitrogen and oxygen atoms in total. The van der Waals surface area contributed by atoms with Crippen LogP contribution in [0.25, 0.3) is 60.9 Å². The molecule has 0 saturated heterocycles. The second kappa shape index (κ2) is 12.8. The quantitative estimate of drug-likeness (QED) is 0.169. The number of anilines is 3. The number of para-hydroxylation sites is 3. The van der Waals surface area contributed by atoms with Crippen molar-refractivity contribution in [2.75, 3.05) is 4.90 Å². The average Bonchev–Trinajstić information content (AvgIpc) is 3.54. The van der Waals surface area contributed by atoms with Gasteiger partial charge in [0, 0.05) is 33.4 Å². The van der Waals surface area contributed by atoms with E-state index in [1.807, 2.05) is 0 Å². The van der Waals surface area contributed by atoms with Crippen molar-refractivity contribution < 1.29 is 0 Å². The fourth-order valence-electron chi connectivity index (χ4n) is 7.24. The Hall–Kier alpha value is -6.64. The summed E-state index contributed by atoms with van der Waals surface area (Å²) in [5.41, 5.74) is 14.0. The van der Waals surface area contributed by atoms with Crippen molar-refractivity contribution in [2.45, 2.75) is 0 Å². The van der Waals surface area contributed by atoms with E-state index in [4.69, 9.17) is 0 Å². The van der Waals surface area contributed by atoms with Gasteiger partial charge in [-0.15, -0.1) is 0 Å². The van der Waals surface area contributed by atoms with Crippen LogP contribution in [0.4, 0.5) is 17.1 Å². The Bertz CT molecular complexity index is 2530. The van der Waals surface area contributed by atoms with E-state index < -0.39 is 0 Å². The van der Waals surface area contributed by atoms with Gasteiger partial charge in [-0.25, -0.2) is 0 Å². The zero-order valence-corrected chi connectivity index (χ0v) is 27.5. The van der Waals surface area contributed by atoms with E-state index in [1.54, 1.807) is 0 Å². The summed E-state index contributed by atoms with van der Waals surface area (Å²) in [4.78, 5) is 2.39. The van der Waals surface area contributed by atoms with Crippen molar-refractivity contribution in [1.29, 1.82) is 0 Å². The van der Waals surface area contributed by atoms with Crippen LogP contribution in [0.2, 0.25) is 0 Å². The van der Waals surface area contributed by atoms with Crippen molar-refractivity contribution >= 4 is 38.9 Å². The van der Waals surface area contributed by atoms with Gasteiger partial charge >= 0.3 is 0 Å². The van der Waals surface area contributed by atoms with E-state index >= 15 is 0 Å². The van der Waals surface area contributed by atoms with Gasteiger partial charge in [-0.05, 0) is 82.4 Å². The molecule has 0 aliphatic heterocycles. The fraction of sp³-hybridized carbons (Fsp3) is 0. The van der Waals surface area contributed by atoms with Crippen LogP contribution in [0.3, 0.4) is 0 Å². The third kappa shape index (κ3) is 5.34. The Morgan fingerprint density at radius 2 is 0.840 bits per heavy atom. The second-order valence-electron chi connectivity index (χ2n) is 12.6. The number of hydrogen-bond donors (Lipinski definition) is 0. The maximum absolute atomic E-state index is 2.39. The van der Waals surface area contributed by atoms with Gasteiger partial charge in [0.15, 0.2) is 0 Å². The third-order valence-corrected chi connectivity index (χ3v) is 9.58. The topological polar surface area (TPSA) is 8.17 Å². The highest BCUT2D eigenvalue weighted by Gasteiger charge is 2.19. The van der Waals surface area contributed by atoms with Gasteiger partial charge in [-0.1, -0.05) is 152 Å². The summed E-state index contributed by atoms with van der Waals surface area (Å²) in [5.74, 6) is 0. The number of fused-ring (bicyclic) bond motifs is 3. The first-order chi connectivity index (χ1) is 24.8. The average molecular weight is 639 g/mol. The molecule has 0 radical (unpaired) electrons. The van der Waals surface area contributed by atoms with Crippen LogP contribution in [0.5, 0.6) is 0 Å². The number of aromatic nitrogens is 1. The summed E-state index contributed by atoms with van der Waals surface area (Å²) in [6, 6.07) is 74.1. The van der Waals surface area contributed by atoms with Gasteiger partial charge in [0.25, 0.3) is 0 Å². The number of rotatable bonds is 7. The van der Waals surface area contributed by atoms with Crippen LogP contribution < -0.4 is 4.90 Å². The largest absolute Gasteiger partial charge is 0.310 e. The highest BCUT2D eigenvalue weighted by atomic mass is 15.1. The molecule has 50 heavy (non-hydrogen) atoms. The molecule has 1 aromatic heterocycles. The lowest BCUT2D eigenvalue weighted by atomic mass is 9.99. The van der Waals surface area contributed by atoms with E-state index in [2.05, 4.69) is 216 Å². The van der Waals surface area contributed by atoms with Crippen molar-refractivity contribution in [3.8, 4) is 39.1 Å². The highest BCUT2D eigenvalue weighted by Crippen LogP contribution is 2.43. The summed E-state index contributed by atoms with van der Waals surface area (Å²) < 4.78 is 2.39. The van der Waals surface area contributed by atoms with E-state index in [1.165, 1.54) is 44.1 Å². The predicted octanol–water partition coefficient (Wildman–Crippen LogP) is 13.3. The van der Waals surface area contributed by atoms with Gasteiger partial charge < -0.3 is 9.47 Å². The Balaban J connectivity index is 1.21. The molecule has 0 amide bonds. The molecule has 2 heteroatoms. The monoisotopic (exact) mass is 638 g/mol. The Kier molecular flexibility index (Phi) is 7.53. The van der Waals surface area contributed by atoms with Crippen LogP contribution in [-0.2, 0) is 0 Å². The molecule has 9 rings (SSSR count). The minimum absolute atomic E-state index is 1.10. The normalized spacial score (nSPS) is 11.2. The maximum atomic E-state index is 2.39. The molecule has 0 aliphatic rings. The molecule has 0 N–H and O–H groups in total. The molecule has 0 unspecified atom stereocenters. The smallest absolute Gasteiger partial charge is 0.0541 e. The van der Waals surface area contributed by atoms with Crippen LogP contribution in [-0.4, -0.2) is 4.57 Å². The van der Waals surface area contributed by atoms with Gasteiger partial charge in [0.05, 0.1) is 16.7 Å². The minimum atomic E-state index is 1.10. The first kappa shape index (κ1) is 29.5. The van der Waals surface area contributed by atoms with E-state index in [-0.39, 0.29) is 0 Å². The van der Waals surface area contributed by atoms with Crippen molar-refractivity contribution in [1.82, 2.24) is 4.57 Å². The number of nitrogens with zero attached hydrogens (tertiary/aromatic N) is 2. The summed E-state index contributed by atoms with van der Waals surface area (Å²) in [7, 11) is 0. The lowest BCUT2D eigenvalue weighted by molar-refractivity contribution is 1.18. The Morgan fingerprint density at radius 3 is 1.54 bits per heavy atom. The van der Waals surface area contributed by atoms with Gasteiger partial charge in [0.1, 0.15) is 0 Å². The van der Waals surface area contributed by atoms with Gasteiger partial charge in [0.2, 0.25) is 0 Å². The lowest BCUT2D eigenvalue weighted by Crippen LogP contribution is -2.11. The third-order valence-electron chi connectivity index (χ3n) is 9.58. The number of hydrogen-bond acceptors (Lipinski definition) is 1. The minimum Gasteiger partial charge on any atom is -0.310 e. The summed E-state index contributed by atoms with van der Waals surface area (Å²) >= 11 is 0. The molecule has 0 fully saturated rings. The lowest BCUT2D eigenvalue weighted by Gasteiger charge is -2.28. The zero-order chi connectivity index (χ0) is 33.3. The molecule has 9 aromatic rings. The van der Waals surface area contributed by atoms with Crippen molar-refractivity contribution in [2.24, 2.45) is 0 Å². The maximum Gasteiger partial charge on any atom is 0.0541 e. The van der Waals surface area contributed by atoms with Crippen molar-refractivity contribution in [3.05, 3.63) is 206 Å². The molecule has 0 spiro atoms. The Labute approximate surface area is 292 Å². The van der Waals surface area contributed by atoms with Crippen molar-refractivity contribution in [3.63, 3.8) is 0 Å². The molecule has 0 bridgehead atoms. The van der Waals surface area contributed by atoms with Gasteiger partial charge in [-0.3, -0.25) is 0 Å². The molecule has 0 saturated carbocycles. The van der Waals surface area contributed by atoms with Crippen LogP contribution >= 0.6 is 0 Å². The van der Waals surface area contributed by atoms with Crippen LogP contribution in [0.15, 0.2) is 206 Å². The molecule has 1 heterocycles. The molecule has 0 atom stereocenters.